The number of aliphatic hydroxyl groups is 1. The van der Waals surface area contributed by atoms with Gasteiger partial charge in [0.05, 0.1) is 0 Å². The summed E-state index contributed by atoms with van der Waals surface area (Å²) in [6.07, 6.45) is -0.460. The molecule has 0 aliphatic heterocycles. The predicted octanol–water partition coefficient (Wildman–Crippen LogP) is 2.41. The zero-order valence-electron chi connectivity index (χ0n) is 10.0. The fourth-order valence-corrected chi connectivity index (χ4v) is 1.66. The first-order valence-electron chi connectivity index (χ1n) is 5.41. The van der Waals surface area contributed by atoms with Crippen LogP contribution in [-0.4, -0.2) is 11.3 Å². The van der Waals surface area contributed by atoms with Crippen molar-refractivity contribution in [2.24, 2.45) is 0 Å². The molecule has 0 saturated carbocycles. The summed E-state index contributed by atoms with van der Waals surface area (Å²) in [5, 5.41) is 12.2. The zero-order chi connectivity index (χ0) is 11.5. The van der Waals surface area contributed by atoms with Crippen molar-refractivity contribution in [3.8, 4) is 0 Å². The van der Waals surface area contributed by atoms with Crippen molar-refractivity contribution >= 4 is 0 Å². The van der Waals surface area contributed by atoms with Crippen molar-refractivity contribution < 1.29 is 5.11 Å². The fraction of sp³-hybridized carbons (Fsp3) is 0.538. The van der Waals surface area contributed by atoms with Crippen LogP contribution in [0, 0.1) is 0 Å². The van der Waals surface area contributed by atoms with E-state index < -0.39 is 6.23 Å². The van der Waals surface area contributed by atoms with Crippen molar-refractivity contribution in [3.05, 3.63) is 35.4 Å². The molecule has 15 heavy (non-hydrogen) atoms. The fourth-order valence-electron chi connectivity index (χ4n) is 1.66. The standard InChI is InChI=1S/C13H21NO/c1-10(15)14-9-11-7-5-6-8-12(11)13(2,3)4/h5-8,10,14-15H,9H2,1-4H3. The minimum absolute atomic E-state index is 0.150. The van der Waals surface area contributed by atoms with Gasteiger partial charge in [0.15, 0.2) is 0 Å². The van der Waals surface area contributed by atoms with Crippen LogP contribution < -0.4 is 5.32 Å². The molecule has 0 aliphatic carbocycles. The lowest BCUT2D eigenvalue weighted by atomic mass is 9.84. The second-order valence-electron chi connectivity index (χ2n) is 4.96. The summed E-state index contributed by atoms with van der Waals surface area (Å²) in [5.74, 6) is 0. The summed E-state index contributed by atoms with van der Waals surface area (Å²) in [7, 11) is 0. The third-order valence-electron chi connectivity index (χ3n) is 2.41. The topological polar surface area (TPSA) is 32.3 Å². The van der Waals surface area contributed by atoms with E-state index in [9.17, 15) is 5.11 Å². The van der Waals surface area contributed by atoms with Crippen molar-refractivity contribution in [3.63, 3.8) is 0 Å². The van der Waals surface area contributed by atoms with Gasteiger partial charge < -0.3 is 5.11 Å². The maximum absolute atomic E-state index is 9.20. The molecule has 2 heteroatoms. The van der Waals surface area contributed by atoms with Crippen LogP contribution in [0.15, 0.2) is 24.3 Å². The molecule has 0 amide bonds. The van der Waals surface area contributed by atoms with E-state index in [1.807, 2.05) is 6.07 Å². The van der Waals surface area contributed by atoms with Gasteiger partial charge in [0.2, 0.25) is 0 Å². The summed E-state index contributed by atoms with van der Waals surface area (Å²) < 4.78 is 0. The Morgan fingerprint density at radius 3 is 2.40 bits per heavy atom. The monoisotopic (exact) mass is 207 g/mol. The number of hydrogen-bond acceptors (Lipinski definition) is 2. The summed E-state index contributed by atoms with van der Waals surface area (Å²) in [6, 6.07) is 8.36. The van der Waals surface area contributed by atoms with E-state index in [1.54, 1.807) is 6.92 Å². The maximum Gasteiger partial charge on any atom is 0.102 e. The molecule has 1 aromatic rings. The molecule has 2 N–H and O–H groups in total. The summed E-state index contributed by atoms with van der Waals surface area (Å²) >= 11 is 0. The van der Waals surface area contributed by atoms with E-state index in [-0.39, 0.29) is 5.41 Å². The average Bonchev–Trinajstić information content (AvgIpc) is 2.13. The Labute approximate surface area is 92.3 Å². The van der Waals surface area contributed by atoms with Crippen molar-refractivity contribution in [2.75, 3.05) is 0 Å². The Bertz CT molecular complexity index is 313. The number of rotatable bonds is 3. The second kappa shape index (κ2) is 4.77. The molecule has 0 bridgehead atoms. The smallest absolute Gasteiger partial charge is 0.102 e. The highest BCUT2D eigenvalue weighted by Crippen LogP contribution is 2.25. The Kier molecular flexibility index (Phi) is 3.89. The maximum atomic E-state index is 9.20. The number of aliphatic hydroxyl groups excluding tert-OH is 1. The van der Waals surface area contributed by atoms with Gasteiger partial charge in [-0.15, -0.1) is 0 Å². The minimum Gasteiger partial charge on any atom is -0.379 e. The van der Waals surface area contributed by atoms with Gasteiger partial charge in [-0.1, -0.05) is 45.0 Å². The molecule has 0 heterocycles. The molecule has 2 nitrogen and oxygen atoms in total. The van der Waals surface area contributed by atoms with Crippen LogP contribution in [0.2, 0.25) is 0 Å². The highest BCUT2D eigenvalue weighted by atomic mass is 16.3. The lowest BCUT2D eigenvalue weighted by molar-refractivity contribution is 0.154. The van der Waals surface area contributed by atoms with Crippen molar-refractivity contribution in [1.29, 1.82) is 0 Å². The van der Waals surface area contributed by atoms with Gasteiger partial charge in [0.1, 0.15) is 6.23 Å². The lowest BCUT2D eigenvalue weighted by Gasteiger charge is -2.23. The summed E-state index contributed by atoms with van der Waals surface area (Å²) in [5.41, 5.74) is 2.74. The van der Waals surface area contributed by atoms with Gasteiger partial charge >= 0.3 is 0 Å². The van der Waals surface area contributed by atoms with Gasteiger partial charge in [-0.05, 0) is 23.5 Å². The minimum atomic E-state index is -0.460. The lowest BCUT2D eigenvalue weighted by Crippen LogP contribution is -2.26. The van der Waals surface area contributed by atoms with Crippen LogP contribution in [0.1, 0.15) is 38.8 Å². The first kappa shape index (κ1) is 12.2. The Morgan fingerprint density at radius 1 is 1.27 bits per heavy atom. The van der Waals surface area contributed by atoms with E-state index in [0.717, 1.165) is 0 Å². The SMILES string of the molecule is CC(O)NCc1ccccc1C(C)(C)C. The van der Waals surface area contributed by atoms with Crippen LogP contribution >= 0.6 is 0 Å². The average molecular weight is 207 g/mol. The molecule has 1 aromatic carbocycles. The van der Waals surface area contributed by atoms with E-state index in [4.69, 9.17) is 0 Å². The van der Waals surface area contributed by atoms with E-state index in [2.05, 4.69) is 44.3 Å². The van der Waals surface area contributed by atoms with Gasteiger partial charge in [-0.25, -0.2) is 0 Å². The molecule has 1 rings (SSSR count). The normalized spacial score (nSPS) is 13.9. The van der Waals surface area contributed by atoms with Crippen molar-refractivity contribution in [2.45, 2.75) is 45.9 Å². The van der Waals surface area contributed by atoms with Crippen LogP contribution in [0.4, 0.5) is 0 Å². The van der Waals surface area contributed by atoms with Crippen LogP contribution in [0.3, 0.4) is 0 Å². The number of benzene rings is 1. The highest BCUT2D eigenvalue weighted by molar-refractivity contribution is 5.32. The van der Waals surface area contributed by atoms with E-state index >= 15 is 0 Å². The highest BCUT2D eigenvalue weighted by Gasteiger charge is 2.16. The predicted molar refractivity (Wildman–Crippen MR) is 63.7 cm³/mol. The van der Waals surface area contributed by atoms with Gasteiger partial charge in [-0.3, -0.25) is 5.32 Å². The molecule has 0 radical (unpaired) electrons. The Morgan fingerprint density at radius 2 is 1.87 bits per heavy atom. The first-order valence-corrected chi connectivity index (χ1v) is 5.41. The molecular formula is C13H21NO. The van der Waals surface area contributed by atoms with Gasteiger partial charge in [0, 0.05) is 6.54 Å². The second-order valence-corrected chi connectivity index (χ2v) is 4.96. The molecular weight excluding hydrogens is 186 g/mol. The van der Waals surface area contributed by atoms with Gasteiger partial charge in [-0.2, -0.15) is 0 Å². The number of nitrogens with one attached hydrogen (secondary N) is 1. The molecule has 1 unspecified atom stereocenters. The van der Waals surface area contributed by atoms with E-state index in [0.29, 0.717) is 6.54 Å². The summed E-state index contributed by atoms with van der Waals surface area (Å²) in [6.45, 7) is 9.06. The summed E-state index contributed by atoms with van der Waals surface area (Å²) in [4.78, 5) is 0. The third-order valence-corrected chi connectivity index (χ3v) is 2.41. The number of hydrogen-bond donors (Lipinski definition) is 2. The first-order chi connectivity index (χ1) is 6.91. The van der Waals surface area contributed by atoms with Crippen LogP contribution in [0.5, 0.6) is 0 Å². The zero-order valence-corrected chi connectivity index (χ0v) is 10.0. The molecule has 0 spiro atoms. The molecule has 0 aromatic heterocycles. The van der Waals surface area contributed by atoms with Crippen LogP contribution in [-0.2, 0) is 12.0 Å². The van der Waals surface area contributed by atoms with Gasteiger partial charge in [0.25, 0.3) is 0 Å². The third kappa shape index (κ3) is 3.65. The molecule has 0 saturated heterocycles. The molecule has 84 valence electrons. The Balaban J connectivity index is 2.87. The molecule has 0 fully saturated rings. The van der Waals surface area contributed by atoms with Crippen LogP contribution in [0.25, 0.3) is 0 Å². The van der Waals surface area contributed by atoms with Crippen molar-refractivity contribution in [1.82, 2.24) is 5.32 Å². The molecule has 0 aliphatic rings. The van der Waals surface area contributed by atoms with E-state index in [1.165, 1.54) is 11.1 Å². The molecule has 1 atom stereocenters. The largest absolute Gasteiger partial charge is 0.379 e. The Hall–Kier alpha value is -0.860. The quantitative estimate of drug-likeness (QED) is 0.746.